The Balaban J connectivity index is 3.74. The normalized spacial score (nSPS) is 14.4. The number of hydrogen-bond donors (Lipinski definition) is 5. The Bertz CT molecular complexity index is 961. The predicted molar refractivity (Wildman–Crippen MR) is 251 cm³/mol. The van der Waals surface area contributed by atoms with E-state index in [0.717, 1.165) is 51.4 Å². The number of rotatable bonds is 45. The SMILES string of the molecule is CC/C=C\C/C=C\CCCCCCCCCCCCCCCC(O)C(=O)NC(CO)C(O)C(O)CCC/C=C/CC/C=C/CCCCCCCCCCCCCCC. The van der Waals surface area contributed by atoms with Gasteiger partial charge in [0.25, 0.3) is 0 Å². The van der Waals surface area contributed by atoms with E-state index in [1.165, 1.54) is 161 Å². The summed E-state index contributed by atoms with van der Waals surface area (Å²) in [6.07, 6.45) is 57.3. The molecule has 0 aromatic rings. The smallest absolute Gasteiger partial charge is 0.249 e. The summed E-state index contributed by atoms with van der Waals surface area (Å²) in [7, 11) is 0. The molecule has 0 aliphatic rings. The van der Waals surface area contributed by atoms with E-state index in [0.29, 0.717) is 19.3 Å². The first-order chi connectivity index (χ1) is 28.5. The third kappa shape index (κ3) is 39.7. The van der Waals surface area contributed by atoms with E-state index in [2.05, 4.69) is 67.8 Å². The summed E-state index contributed by atoms with van der Waals surface area (Å²) in [6, 6.07) is -1.01. The molecule has 0 aromatic carbocycles. The van der Waals surface area contributed by atoms with E-state index in [-0.39, 0.29) is 0 Å². The minimum absolute atomic E-state index is 0.358. The standard InChI is InChI=1S/C52H97NO5/c1-3-5-7-9-11-13-15-17-19-21-23-25-26-28-29-31-33-35-37-39-41-43-45-49(55)51(57)48(47-54)53-52(58)50(56)46-44-42-40-38-36-34-32-30-27-24-22-20-18-16-14-12-10-8-6-4-2/h6,8,12,14,29,31,37,39,48-51,54-57H,3-5,7,9-11,13,15-28,30,32-36,38,40-47H2,1-2H3,(H,53,58)/b8-6-,14-12-,31-29+,39-37+. The molecule has 0 bridgehead atoms. The zero-order valence-corrected chi connectivity index (χ0v) is 38.3. The first-order valence-electron chi connectivity index (χ1n) is 25.0. The highest BCUT2D eigenvalue weighted by Crippen LogP contribution is 2.16. The molecule has 340 valence electrons. The van der Waals surface area contributed by atoms with Crippen molar-refractivity contribution in [2.24, 2.45) is 0 Å². The maximum atomic E-state index is 12.5. The number of amides is 1. The van der Waals surface area contributed by atoms with Crippen LogP contribution in [0, 0.1) is 0 Å². The van der Waals surface area contributed by atoms with Crippen molar-refractivity contribution in [3.8, 4) is 0 Å². The number of hydrogen-bond acceptors (Lipinski definition) is 5. The van der Waals surface area contributed by atoms with Gasteiger partial charge in [-0.1, -0.05) is 217 Å². The zero-order chi connectivity index (χ0) is 42.4. The van der Waals surface area contributed by atoms with Crippen molar-refractivity contribution in [1.29, 1.82) is 0 Å². The maximum absolute atomic E-state index is 12.5. The van der Waals surface area contributed by atoms with Crippen molar-refractivity contribution >= 4 is 5.91 Å². The van der Waals surface area contributed by atoms with Crippen LogP contribution in [0.4, 0.5) is 0 Å². The van der Waals surface area contributed by atoms with Gasteiger partial charge < -0.3 is 25.7 Å². The lowest BCUT2D eigenvalue weighted by Gasteiger charge is -2.27. The molecular formula is C52H97NO5. The van der Waals surface area contributed by atoms with Gasteiger partial charge in [-0.15, -0.1) is 0 Å². The van der Waals surface area contributed by atoms with Crippen LogP contribution in [0.3, 0.4) is 0 Å². The molecule has 0 aromatic heterocycles. The molecule has 0 aliphatic heterocycles. The lowest BCUT2D eigenvalue weighted by Crippen LogP contribution is -2.53. The number of nitrogens with one attached hydrogen (secondary N) is 1. The number of aliphatic hydroxyl groups excluding tert-OH is 4. The molecule has 0 rings (SSSR count). The Morgan fingerprint density at radius 1 is 0.448 bits per heavy atom. The van der Waals surface area contributed by atoms with Crippen LogP contribution in [-0.2, 0) is 4.79 Å². The fraction of sp³-hybridized carbons (Fsp3) is 0.827. The van der Waals surface area contributed by atoms with E-state index in [1.54, 1.807) is 0 Å². The van der Waals surface area contributed by atoms with E-state index in [1.807, 2.05) is 0 Å². The highest BCUT2D eigenvalue weighted by Gasteiger charge is 2.28. The lowest BCUT2D eigenvalue weighted by atomic mass is 10.00. The van der Waals surface area contributed by atoms with Gasteiger partial charge in [-0.2, -0.15) is 0 Å². The Kier molecular flexibility index (Phi) is 45.0. The van der Waals surface area contributed by atoms with Crippen LogP contribution in [0.25, 0.3) is 0 Å². The third-order valence-electron chi connectivity index (χ3n) is 11.5. The van der Waals surface area contributed by atoms with E-state index in [4.69, 9.17) is 0 Å². The van der Waals surface area contributed by atoms with Crippen LogP contribution in [0.5, 0.6) is 0 Å². The summed E-state index contributed by atoms with van der Waals surface area (Å²) in [6.45, 7) is 3.95. The Hall–Kier alpha value is -1.73. The number of carbonyl (C=O) groups is 1. The molecule has 58 heavy (non-hydrogen) atoms. The highest BCUT2D eigenvalue weighted by atomic mass is 16.3. The number of aliphatic hydroxyl groups is 4. The Morgan fingerprint density at radius 2 is 0.828 bits per heavy atom. The second kappa shape index (κ2) is 46.3. The van der Waals surface area contributed by atoms with Crippen LogP contribution in [-0.4, -0.2) is 57.3 Å². The fourth-order valence-corrected chi connectivity index (χ4v) is 7.58. The van der Waals surface area contributed by atoms with Crippen LogP contribution in [0.15, 0.2) is 48.6 Å². The summed E-state index contributed by atoms with van der Waals surface area (Å²) in [5.41, 5.74) is 0. The quantitative estimate of drug-likeness (QED) is 0.0311. The molecule has 0 spiro atoms. The Labute approximate surface area is 359 Å². The van der Waals surface area contributed by atoms with E-state index in [9.17, 15) is 25.2 Å². The highest BCUT2D eigenvalue weighted by molar-refractivity contribution is 5.80. The summed E-state index contributed by atoms with van der Waals surface area (Å²) in [5.74, 6) is -0.598. The molecular weight excluding hydrogens is 719 g/mol. The summed E-state index contributed by atoms with van der Waals surface area (Å²) in [4.78, 5) is 12.5. The van der Waals surface area contributed by atoms with Gasteiger partial charge in [-0.05, 0) is 77.0 Å². The molecule has 0 fully saturated rings. The molecule has 5 N–H and O–H groups in total. The minimum Gasteiger partial charge on any atom is -0.394 e. The van der Waals surface area contributed by atoms with Gasteiger partial charge >= 0.3 is 0 Å². The van der Waals surface area contributed by atoms with Crippen LogP contribution in [0.1, 0.15) is 245 Å². The van der Waals surface area contributed by atoms with Gasteiger partial charge in [-0.25, -0.2) is 0 Å². The van der Waals surface area contributed by atoms with Gasteiger partial charge in [0.1, 0.15) is 12.2 Å². The monoisotopic (exact) mass is 816 g/mol. The Morgan fingerprint density at radius 3 is 1.28 bits per heavy atom. The first kappa shape index (κ1) is 56.3. The largest absolute Gasteiger partial charge is 0.394 e. The van der Waals surface area contributed by atoms with E-state index >= 15 is 0 Å². The van der Waals surface area contributed by atoms with Crippen molar-refractivity contribution in [2.75, 3.05) is 6.61 Å². The molecule has 4 atom stereocenters. The number of allylic oxidation sites excluding steroid dienone is 8. The van der Waals surface area contributed by atoms with Crippen molar-refractivity contribution < 1.29 is 25.2 Å². The van der Waals surface area contributed by atoms with Crippen LogP contribution < -0.4 is 5.32 Å². The second-order valence-corrected chi connectivity index (χ2v) is 17.1. The van der Waals surface area contributed by atoms with Crippen molar-refractivity contribution in [1.82, 2.24) is 5.32 Å². The molecule has 0 saturated heterocycles. The average Bonchev–Trinajstić information content (AvgIpc) is 3.23. The molecule has 1 amide bonds. The summed E-state index contributed by atoms with van der Waals surface area (Å²) in [5, 5.41) is 43.8. The first-order valence-corrected chi connectivity index (χ1v) is 25.0. The molecule has 0 aliphatic carbocycles. The fourth-order valence-electron chi connectivity index (χ4n) is 7.58. The molecule has 0 radical (unpaired) electrons. The summed E-state index contributed by atoms with van der Waals surface area (Å²) >= 11 is 0. The molecule has 6 nitrogen and oxygen atoms in total. The van der Waals surface area contributed by atoms with Gasteiger partial charge in [0.05, 0.1) is 18.8 Å². The number of unbranched alkanes of at least 4 members (excludes halogenated alkanes) is 28. The van der Waals surface area contributed by atoms with Crippen molar-refractivity contribution in [3.63, 3.8) is 0 Å². The second-order valence-electron chi connectivity index (χ2n) is 17.1. The molecule has 6 heteroatoms. The average molecular weight is 816 g/mol. The maximum Gasteiger partial charge on any atom is 0.249 e. The molecule has 0 saturated carbocycles. The number of carbonyl (C=O) groups excluding carboxylic acids is 1. The minimum atomic E-state index is -1.29. The zero-order valence-electron chi connectivity index (χ0n) is 38.3. The van der Waals surface area contributed by atoms with Crippen molar-refractivity contribution in [2.45, 2.75) is 269 Å². The van der Waals surface area contributed by atoms with Crippen LogP contribution in [0.2, 0.25) is 0 Å². The van der Waals surface area contributed by atoms with Gasteiger partial charge in [0, 0.05) is 0 Å². The topological polar surface area (TPSA) is 110 Å². The summed E-state index contributed by atoms with van der Waals surface area (Å²) < 4.78 is 0. The lowest BCUT2D eigenvalue weighted by molar-refractivity contribution is -0.132. The molecule has 0 heterocycles. The predicted octanol–water partition coefficient (Wildman–Crippen LogP) is 13.9. The van der Waals surface area contributed by atoms with Gasteiger partial charge in [-0.3, -0.25) is 4.79 Å². The van der Waals surface area contributed by atoms with Gasteiger partial charge in [0.2, 0.25) is 5.91 Å². The molecule has 4 unspecified atom stereocenters. The van der Waals surface area contributed by atoms with Crippen molar-refractivity contribution in [3.05, 3.63) is 48.6 Å². The van der Waals surface area contributed by atoms with Gasteiger partial charge in [0.15, 0.2) is 0 Å². The van der Waals surface area contributed by atoms with E-state index < -0.39 is 36.9 Å². The van der Waals surface area contributed by atoms with Crippen LogP contribution >= 0.6 is 0 Å². The third-order valence-corrected chi connectivity index (χ3v) is 11.5.